The molecule has 0 N–H and O–H groups in total. The SMILES string of the molecule is C=C(C)C(=O)Oc1ccc(-c2ccccn2)cc1. The van der Waals surface area contributed by atoms with Crippen molar-refractivity contribution < 1.29 is 9.53 Å². The van der Waals surface area contributed by atoms with Crippen molar-refractivity contribution in [1.29, 1.82) is 0 Å². The largest absolute Gasteiger partial charge is 0.423 e. The Hall–Kier alpha value is -2.42. The number of aromatic nitrogens is 1. The molecular formula is C15H13NO2. The number of benzene rings is 1. The molecule has 2 rings (SSSR count). The molecule has 90 valence electrons. The Bertz CT molecular complexity index is 559. The Labute approximate surface area is 106 Å². The van der Waals surface area contributed by atoms with Gasteiger partial charge in [0.2, 0.25) is 0 Å². The summed E-state index contributed by atoms with van der Waals surface area (Å²) >= 11 is 0. The van der Waals surface area contributed by atoms with E-state index in [0.717, 1.165) is 11.3 Å². The molecule has 0 saturated heterocycles. The van der Waals surface area contributed by atoms with Gasteiger partial charge in [-0.15, -0.1) is 0 Å². The molecule has 3 heteroatoms. The number of rotatable bonds is 3. The van der Waals surface area contributed by atoms with Crippen LogP contribution in [0.2, 0.25) is 0 Å². The molecule has 0 unspecified atom stereocenters. The van der Waals surface area contributed by atoms with Gasteiger partial charge in [-0.05, 0) is 43.3 Å². The van der Waals surface area contributed by atoms with Crippen molar-refractivity contribution in [3.8, 4) is 17.0 Å². The van der Waals surface area contributed by atoms with Crippen molar-refractivity contribution in [2.75, 3.05) is 0 Å². The quantitative estimate of drug-likeness (QED) is 0.469. The molecule has 0 saturated carbocycles. The minimum atomic E-state index is -0.416. The fourth-order valence-corrected chi connectivity index (χ4v) is 1.42. The molecule has 1 aromatic carbocycles. The normalized spacial score (nSPS) is 9.83. The lowest BCUT2D eigenvalue weighted by atomic mass is 10.1. The van der Waals surface area contributed by atoms with Crippen LogP contribution in [-0.2, 0) is 4.79 Å². The Balaban J connectivity index is 2.16. The summed E-state index contributed by atoms with van der Waals surface area (Å²) in [7, 11) is 0. The summed E-state index contributed by atoms with van der Waals surface area (Å²) in [6.45, 7) is 5.15. The van der Waals surface area contributed by atoms with Crippen molar-refractivity contribution >= 4 is 5.97 Å². The third-order valence-corrected chi connectivity index (χ3v) is 2.37. The van der Waals surface area contributed by atoms with Crippen LogP contribution in [0.1, 0.15) is 6.92 Å². The molecule has 0 radical (unpaired) electrons. The topological polar surface area (TPSA) is 39.2 Å². The number of hydrogen-bond donors (Lipinski definition) is 0. The standard InChI is InChI=1S/C15H13NO2/c1-11(2)15(17)18-13-8-6-12(7-9-13)14-5-3-4-10-16-14/h3-10H,1H2,2H3. The molecule has 0 bridgehead atoms. The summed E-state index contributed by atoms with van der Waals surface area (Å²) < 4.78 is 5.11. The van der Waals surface area contributed by atoms with E-state index in [9.17, 15) is 4.79 Å². The highest BCUT2D eigenvalue weighted by Crippen LogP contribution is 2.20. The first-order chi connectivity index (χ1) is 8.66. The van der Waals surface area contributed by atoms with Gasteiger partial charge in [0.1, 0.15) is 5.75 Å². The molecular weight excluding hydrogens is 226 g/mol. The van der Waals surface area contributed by atoms with Crippen molar-refractivity contribution in [1.82, 2.24) is 4.98 Å². The maximum Gasteiger partial charge on any atom is 0.338 e. The minimum absolute atomic E-state index is 0.379. The van der Waals surface area contributed by atoms with Gasteiger partial charge in [-0.25, -0.2) is 4.79 Å². The lowest BCUT2D eigenvalue weighted by Gasteiger charge is -2.05. The molecule has 0 amide bonds. The van der Waals surface area contributed by atoms with Gasteiger partial charge in [0.25, 0.3) is 0 Å². The van der Waals surface area contributed by atoms with Crippen LogP contribution in [0.3, 0.4) is 0 Å². The first kappa shape index (κ1) is 12.0. The van der Waals surface area contributed by atoms with E-state index < -0.39 is 5.97 Å². The summed E-state index contributed by atoms with van der Waals surface area (Å²) in [5.74, 6) is 0.0864. The lowest BCUT2D eigenvalue weighted by molar-refractivity contribution is -0.130. The molecule has 1 aromatic heterocycles. The smallest absolute Gasteiger partial charge is 0.338 e. The van der Waals surface area contributed by atoms with Gasteiger partial charge in [0.15, 0.2) is 0 Å². The van der Waals surface area contributed by atoms with Gasteiger partial charge in [-0.1, -0.05) is 12.6 Å². The van der Waals surface area contributed by atoms with Crippen LogP contribution in [0.25, 0.3) is 11.3 Å². The zero-order valence-electron chi connectivity index (χ0n) is 10.1. The highest BCUT2D eigenvalue weighted by atomic mass is 16.5. The highest BCUT2D eigenvalue weighted by Gasteiger charge is 2.05. The fourth-order valence-electron chi connectivity index (χ4n) is 1.42. The zero-order chi connectivity index (χ0) is 13.0. The third-order valence-electron chi connectivity index (χ3n) is 2.37. The summed E-state index contributed by atoms with van der Waals surface area (Å²) in [4.78, 5) is 15.6. The Kier molecular flexibility index (Phi) is 3.53. The molecule has 0 spiro atoms. The number of pyridine rings is 1. The van der Waals surface area contributed by atoms with E-state index in [0.29, 0.717) is 11.3 Å². The van der Waals surface area contributed by atoms with Crippen molar-refractivity contribution in [2.24, 2.45) is 0 Å². The monoisotopic (exact) mass is 239 g/mol. The highest BCUT2D eigenvalue weighted by molar-refractivity contribution is 5.88. The minimum Gasteiger partial charge on any atom is -0.423 e. The first-order valence-electron chi connectivity index (χ1n) is 5.56. The number of carbonyl (C=O) groups excluding carboxylic acids is 1. The second-order valence-corrected chi connectivity index (χ2v) is 3.91. The van der Waals surface area contributed by atoms with Crippen LogP contribution in [-0.4, -0.2) is 11.0 Å². The van der Waals surface area contributed by atoms with Gasteiger partial charge in [0, 0.05) is 17.3 Å². The van der Waals surface area contributed by atoms with Gasteiger partial charge in [-0.3, -0.25) is 4.98 Å². The Morgan fingerprint density at radius 1 is 1.17 bits per heavy atom. The van der Waals surface area contributed by atoms with E-state index in [1.165, 1.54) is 0 Å². The first-order valence-corrected chi connectivity index (χ1v) is 5.56. The van der Waals surface area contributed by atoms with Crippen LogP contribution >= 0.6 is 0 Å². The summed E-state index contributed by atoms with van der Waals surface area (Å²) in [5, 5.41) is 0. The van der Waals surface area contributed by atoms with Crippen LogP contribution in [0, 0.1) is 0 Å². The molecule has 0 atom stereocenters. The average molecular weight is 239 g/mol. The summed E-state index contributed by atoms with van der Waals surface area (Å²) in [6.07, 6.45) is 1.74. The predicted molar refractivity (Wildman–Crippen MR) is 70.1 cm³/mol. The number of ether oxygens (including phenoxy) is 1. The maximum absolute atomic E-state index is 11.3. The number of nitrogens with zero attached hydrogens (tertiary/aromatic N) is 1. The summed E-state index contributed by atoms with van der Waals surface area (Å²) in [5.41, 5.74) is 2.24. The van der Waals surface area contributed by atoms with Crippen LogP contribution < -0.4 is 4.74 Å². The molecule has 2 aromatic rings. The van der Waals surface area contributed by atoms with E-state index in [1.54, 1.807) is 25.3 Å². The van der Waals surface area contributed by atoms with E-state index in [4.69, 9.17) is 4.74 Å². The van der Waals surface area contributed by atoms with Crippen molar-refractivity contribution in [3.63, 3.8) is 0 Å². The van der Waals surface area contributed by atoms with E-state index in [1.807, 2.05) is 30.3 Å². The molecule has 1 heterocycles. The van der Waals surface area contributed by atoms with Crippen molar-refractivity contribution in [2.45, 2.75) is 6.92 Å². The molecule has 3 nitrogen and oxygen atoms in total. The van der Waals surface area contributed by atoms with E-state index >= 15 is 0 Å². The Morgan fingerprint density at radius 3 is 2.44 bits per heavy atom. The fraction of sp³-hybridized carbons (Fsp3) is 0.0667. The second kappa shape index (κ2) is 5.27. The Morgan fingerprint density at radius 2 is 1.89 bits per heavy atom. The van der Waals surface area contributed by atoms with Gasteiger partial charge in [0.05, 0.1) is 5.69 Å². The predicted octanol–water partition coefficient (Wildman–Crippen LogP) is 3.23. The molecule has 18 heavy (non-hydrogen) atoms. The number of hydrogen-bond acceptors (Lipinski definition) is 3. The van der Waals surface area contributed by atoms with Gasteiger partial charge >= 0.3 is 5.97 Å². The van der Waals surface area contributed by atoms with Gasteiger partial charge in [-0.2, -0.15) is 0 Å². The average Bonchev–Trinajstić information content (AvgIpc) is 2.40. The van der Waals surface area contributed by atoms with E-state index in [-0.39, 0.29) is 0 Å². The molecule has 0 fully saturated rings. The molecule has 0 aliphatic heterocycles. The second-order valence-electron chi connectivity index (χ2n) is 3.91. The van der Waals surface area contributed by atoms with Crippen molar-refractivity contribution in [3.05, 3.63) is 60.8 Å². The van der Waals surface area contributed by atoms with Crippen LogP contribution in [0.15, 0.2) is 60.8 Å². The van der Waals surface area contributed by atoms with Crippen LogP contribution in [0.5, 0.6) is 5.75 Å². The molecule has 0 aliphatic carbocycles. The lowest BCUT2D eigenvalue weighted by Crippen LogP contribution is -2.07. The van der Waals surface area contributed by atoms with E-state index in [2.05, 4.69) is 11.6 Å². The molecule has 0 aliphatic rings. The number of esters is 1. The van der Waals surface area contributed by atoms with Gasteiger partial charge < -0.3 is 4.74 Å². The zero-order valence-corrected chi connectivity index (χ0v) is 10.1. The summed E-state index contributed by atoms with van der Waals surface area (Å²) in [6, 6.07) is 12.9. The number of carbonyl (C=O) groups is 1. The maximum atomic E-state index is 11.3. The van der Waals surface area contributed by atoms with Crippen LogP contribution in [0.4, 0.5) is 0 Å². The third kappa shape index (κ3) is 2.83.